The summed E-state index contributed by atoms with van der Waals surface area (Å²) in [7, 11) is 3.03. The number of carbonyl (C=O) groups is 1. The van der Waals surface area contributed by atoms with Crippen molar-refractivity contribution in [1.29, 1.82) is 0 Å². The number of dihydropyridines is 1. The van der Waals surface area contributed by atoms with Crippen LogP contribution in [0.15, 0.2) is 42.6 Å². The number of halogens is 2. The van der Waals surface area contributed by atoms with E-state index < -0.39 is 18.4 Å². The van der Waals surface area contributed by atoms with Crippen molar-refractivity contribution in [3.8, 4) is 23.2 Å². The molecule has 0 bridgehead atoms. The van der Waals surface area contributed by atoms with E-state index in [0.717, 1.165) is 24.2 Å². The van der Waals surface area contributed by atoms with E-state index in [0.29, 0.717) is 46.6 Å². The molecule has 202 valence electrons. The molecule has 39 heavy (non-hydrogen) atoms. The van der Waals surface area contributed by atoms with Crippen LogP contribution in [-0.4, -0.2) is 64.2 Å². The summed E-state index contributed by atoms with van der Waals surface area (Å²) < 4.78 is 39.5. The van der Waals surface area contributed by atoms with Crippen LogP contribution in [0, 0.1) is 17.8 Å². The number of methoxy groups -OCH3 is 2. The number of pyridine rings is 1. The van der Waals surface area contributed by atoms with Crippen LogP contribution in [0.1, 0.15) is 33.8 Å². The fourth-order valence-electron chi connectivity index (χ4n) is 3.78. The Bertz CT molecular complexity index is 1480. The van der Waals surface area contributed by atoms with Crippen LogP contribution in [0.4, 0.5) is 13.9 Å². The maximum absolute atomic E-state index is 13.6. The van der Waals surface area contributed by atoms with Gasteiger partial charge < -0.3 is 14.8 Å². The number of hydrogen-bond donors (Lipinski definition) is 2. The second-order valence-electron chi connectivity index (χ2n) is 8.80. The van der Waals surface area contributed by atoms with Gasteiger partial charge in [-0.1, -0.05) is 17.3 Å². The molecular formula is C26H25F2N7O3S. The standard InChI is InChI=1S/C26H25F2N7O3S/c1-37-10-9-35-8-7-19(34-35)20-11-16(17-12-21(24(27)28)30-14-22(17)38-2)18(13-29-20)25(36)31-26-33-32-23(39-26)6-5-15-3-4-15/h7-8,11-15,21,24,30H,3-4,9-10H2,1-2H3,(H,31,33,36). The molecule has 5 rings (SSSR count). The predicted molar refractivity (Wildman–Crippen MR) is 141 cm³/mol. The molecule has 0 spiro atoms. The summed E-state index contributed by atoms with van der Waals surface area (Å²) in [6.07, 6.45) is 5.37. The van der Waals surface area contributed by atoms with Gasteiger partial charge in [-0.15, -0.1) is 10.2 Å². The van der Waals surface area contributed by atoms with Gasteiger partial charge in [0.15, 0.2) is 5.01 Å². The van der Waals surface area contributed by atoms with E-state index in [1.807, 2.05) is 0 Å². The Morgan fingerprint density at radius 2 is 2.15 bits per heavy atom. The monoisotopic (exact) mass is 553 g/mol. The lowest BCUT2D eigenvalue weighted by molar-refractivity contribution is 0.102. The van der Waals surface area contributed by atoms with Gasteiger partial charge in [0.05, 0.1) is 31.5 Å². The molecule has 2 aliphatic rings. The van der Waals surface area contributed by atoms with Crippen LogP contribution in [0.3, 0.4) is 0 Å². The largest absolute Gasteiger partial charge is 0.495 e. The Morgan fingerprint density at radius 3 is 2.90 bits per heavy atom. The van der Waals surface area contributed by atoms with Gasteiger partial charge in [-0.25, -0.2) is 8.78 Å². The Morgan fingerprint density at radius 1 is 1.31 bits per heavy atom. The first-order chi connectivity index (χ1) is 18.9. The highest BCUT2D eigenvalue weighted by Crippen LogP contribution is 2.33. The Labute approximate surface area is 227 Å². The number of nitrogens with zero attached hydrogens (tertiary/aromatic N) is 5. The van der Waals surface area contributed by atoms with Crippen molar-refractivity contribution in [2.24, 2.45) is 5.92 Å². The smallest absolute Gasteiger partial charge is 0.261 e. The van der Waals surface area contributed by atoms with Gasteiger partial charge in [-0.05, 0) is 37.0 Å². The zero-order valence-corrected chi connectivity index (χ0v) is 22.0. The molecule has 1 saturated carbocycles. The molecule has 3 aromatic heterocycles. The van der Waals surface area contributed by atoms with Crippen molar-refractivity contribution < 1.29 is 23.0 Å². The van der Waals surface area contributed by atoms with Crippen LogP contribution in [0.25, 0.3) is 17.0 Å². The van der Waals surface area contributed by atoms with Crippen molar-refractivity contribution in [2.45, 2.75) is 31.9 Å². The van der Waals surface area contributed by atoms with Gasteiger partial charge in [-0.2, -0.15) is 5.10 Å². The second-order valence-corrected chi connectivity index (χ2v) is 9.78. The Kier molecular flexibility index (Phi) is 7.94. The number of carbonyl (C=O) groups excluding carboxylic acids is 1. The van der Waals surface area contributed by atoms with E-state index in [-0.39, 0.29) is 16.5 Å². The zero-order valence-electron chi connectivity index (χ0n) is 21.1. The van der Waals surface area contributed by atoms with Crippen LogP contribution in [-0.2, 0) is 16.0 Å². The summed E-state index contributed by atoms with van der Waals surface area (Å²) in [5, 5.41) is 18.7. The first kappa shape index (κ1) is 26.5. The lowest BCUT2D eigenvalue weighted by Gasteiger charge is -2.23. The number of amides is 1. The van der Waals surface area contributed by atoms with Gasteiger partial charge in [0, 0.05) is 42.8 Å². The van der Waals surface area contributed by atoms with Gasteiger partial charge in [0.1, 0.15) is 17.5 Å². The number of ether oxygens (including phenoxy) is 2. The topological polar surface area (TPSA) is 116 Å². The summed E-state index contributed by atoms with van der Waals surface area (Å²) >= 11 is 1.15. The highest BCUT2D eigenvalue weighted by Gasteiger charge is 2.27. The SMILES string of the molecule is COCCn1ccc(-c2cc(C3=CC(C(F)F)NC=C3OC)c(C(=O)Nc3nnc(C#CC4CC4)s3)cn2)n1. The van der Waals surface area contributed by atoms with Crippen molar-refractivity contribution >= 4 is 27.9 Å². The third-order valence-corrected chi connectivity index (χ3v) is 6.74. The lowest BCUT2D eigenvalue weighted by Crippen LogP contribution is -2.33. The van der Waals surface area contributed by atoms with Crippen LogP contribution in [0.5, 0.6) is 0 Å². The molecule has 1 fully saturated rings. The molecule has 4 heterocycles. The van der Waals surface area contributed by atoms with Crippen molar-refractivity contribution in [3.05, 3.63) is 58.7 Å². The molecule has 1 aliphatic heterocycles. The van der Waals surface area contributed by atoms with E-state index in [9.17, 15) is 13.6 Å². The number of anilines is 1. The molecule has 2 N–H and O–H groups in total. The molecule has 1 aliphatic carbocycles. The first-order valence-corrected chi connectivity index (χ1v) is 13.0. The van der Waals surface area contributed by atoms with Crippen molar-refractivity contribution in [2.75, 3.05) is 26.1 Å². The van der Waals surface area contributed by atoms with Crippen molar-refractivity contribution in [1.82, 2.24) is 30.3 Å². The first-order valence-electron chi connectivity index (χ1n) is 12.1. The molecule has 0 aromatic carbocycles. The van der Waals surface area contributed by atoms with Gasteiger partial charge >= 0.3 is 0 Å². The minimum Gasteiger partial charge on any atom is -0.495 e. The molecule has 3 aromatic rings. The Hall–Kier alpha value is -4.15. The van der Waals surface area contributed by atoms with E-state index >= 15 is 0 Å². The molecule has 13 heteroatoms. The maximum Gasteiger partial charge on any atom is 0.261 e. The van der Waals surface area contributed by atoms with Gasteiger partial charge in [0.2, 0.25) is 5.13 Å². The summed E-state index contributed by atoms with van der Waals surface area (Å²) in [6.45, 7) is 1.03. The number of nitrogens with one attached hydrogen (secondary N) is 2. The molecule has 1 unspecified atom stereocenters. The maximum atomic E-state index is 13.6. The summed E-state index contributed by atoms with van der Waals surface area (Å²) in [4.78, 5) is 17.9. The zero-order chi connectivity index (χ0) is 27.4. The molecule has 0 radical (unpaired) electrons. The minimum atomic E-state index is -2.68. The average molecular weight is 554 g/mol. The minimum absolute atomic E-state index is 0.141. The molecule has 10 nitrogen and oxygen atoms in total. The van der Waals surface area contributed by atoms with Crippen LogP contribution in [0.2, 0.25) is 0 Å². The third-order valence-electron chi connectivity index (χ3n) is 5.98. The highest BCUT2D eigenvalue weighted by molar-refractivity contribution is 7.15. The van der Waals surface area contributed by atoms with Gasteiger partial charge in [-0.3, -0.25) is 19.8 Å². The fourth-order valence-corrected chi connectivity index (χ4v) is 4.38. The van der Waals surface area contributed by atoms with Crippen LogP contribution >= 0.6 is 11.3 Å². The molecular weight excluding hydrogens is 528 g/mol. The molecule has 1 atom stereocenters. The number of allylic oxidation sites excluding steroid dienone is 1. The third kappa shape index (κ3) is 6.30. The van der Waals surface area contributed by atoms with E-state index in [2.05, 4.69) is 42.8 Å². The molecule has 1 amide bonds. The van der Waals surface area contributed by atoms with E-state index in [1.54, 1.807) is 30.1 Å². The van der Waals surface area contributed by atoms with E-state index in [1.165, 1.54) is 25.6 Å². The average Bonchev–Trinajstić information content (AvgIpc) is 3.47. The van der Waals surface area contributed by atoms with Crippen molar-refractivity contribution in [3.63, 3.8) is 0 Å². The summed E-state index contributed by atoms with van der Waals surface area (Å²) in [6, 6.07) is 2.14. The second kappa shape index (κ2) is 11.7. The molecule has 0 saturated heterocycles. The number of aromatic nitrogens is 5. The number of hydrogen-bond acceptors (Lipinski definition) is 9. The highest BCUT2D eigenvalue weighted by atomic mass is 32.1. The van der Waals surface area contributed by atoms with E-state index in [4.69, 9.17) is 9.47 Å². The lowest BCUT2D eigenvalue weighted by atomic mass is 9.94. The fraction of sp³-hybridized carbons (Fsp3) is 0.346. The summed E-state index contributed by atoms with van der Waals surface area (Å²) in [5.74, 6) is 6.25. The number of rotatable bonds is 9. The normalized spacial score (nSPS) is 16.6. The Balaban J connectivity index is 1.50. The number of alkyl halides is 2. The quantitative estimate of drug-likeness (QED) is 0.387. The summed E-state index contributed by atoms with van der Waals surface area (Å²) in [5.41, 5.74) is 1.81. The predicted octanol–water partition coefficient (Wildman–Crippen LogP) is 3.56. The van der Waals surface area contributed by atoms with Crippen LogP contribution < -0.4 is 10.6 Å². The van der Waals surface area contributed by atoms with Gasteiger partial charge in [0.25, 0.3) is 12.3 Å².